The van der Waals surface area contributed by atoms with Gasteiger partial charge in [-0.05, 0) is 38.5 Å². The van der Waals surface area contributed by atoms with Crippen LogP contribution in [-0.4, -0.2) is 26.4 Å². The Kier molecular flexibility index (Phi) is 4.26. The van der Waals surface area contributed by atoms with Gasteiger partial charge in [0.2, 0.25) is 5.91 Å². The second-order valence-corrected chi connectivity index (χ2v) is 6.65. The molecule has 0 radical (unpaired) electrons. The lowest BCUT2D eigenvalue weighted by molar-refractivity contribution is -0.121. The first-order valence-corrected chi connectivity index (χ1v) is 8.35. The lowest BCUT2D eigenvalue weighted by Gasteiger charge is -2.07. The molecule has 1 amide bonds. The van der Waals surface area contributed by atoms with Crippen LogP contribution in [0.1, 0.15) is 62.7 Å². The molecule has 0 spiro atoms. The summed E-state index contributed by atoms with van der Waals surface area (Å²) in [6, 6.07) is 0.645. The van der Waals surface area contributed by atoms with E-state index in [1.54, 1.807) is 11.8 Å². The Bertz CT molecular complexity index is 481. The first-order chi connectivity index (χ1) is 9.79. The molecule has 0 aromatic carbocycles. The van der Waals surface area contributed by atoms with Gasteiger partial charge in [0, 0.05) is 24.1 Å². The number of hydrazine groups is 1. The van der Waals surface area contributed by atoms with E-state index in [9.17, 15) is 4.79 Å². The molecule has 20 heavy (non-hydrogen) atoms. The number of thioether (sulfide) groups is 1. The molecule has 6 nitrogen and oxygen atoms in total. The number of aromatic nitrogens is 3. The molecule has 0 aliphatic heterocycles. The van der Waals surface area contributed by atoms with Crippen molar-refractivity contribution in [3.05, 3.63) is 5.82 Å². The summed E-state index contributed by atoms with van der Waals surface area (Å²) in [5.74, 6) is 7.80. The SMILES string of the molecule is NNC(=O)CCCCSc1nnc(C2CC2)n1C1CC1. The minimum Gasteiger partial charge on any atom is -0.303 e. The van der Waals surface area contributed by atoms with Crippen LogP contribution < -0.4 is 11.3 Å². The molecule has 2 saturated carbocycles. The number of amides is 1. The van der Waals surface area contributed by atoms with E-state index in [0.29, 0.717) is 18.4 Å². The van der Waals surface area contributed by atoms with Gasteiger partial charge < -0.3 is 4.57 Å². The van der Waals surface area contributed by atoms with Gasteiger partial charge in [0.15, 0.2) is 5.16 Å². The van der Waals surface area contributed by atoms with E-state index in [0.717, 1.165) is 23.8 Å². The highest BCUT2D eigenvalue weighted by molar-refractivity contribution is 7.99. The third kappa shape index (κ3) is 3.32. The van der Waals surface area contributed by atoms with Crippen LogP contribution in [0, 0.1) is 0 Å². The minimum absolute atomic E-state index is 0.0906. The molecule has 110 valence electrons. The van der Waals surface area contributed by atoms with E-state index in [2.05, 4.69) is 20.2 Å². The summed E-state index contributed by atoms with van der Waals surface area (Å²) >= 11 is 1.77. The zero-order chi connectivity index (χ0) is 13.9. The molecule has 1 aromatic heterocycles. The van der Waals surface area contributed by atoms with Gasteiger partial charge in [-0.25, -0.2) is 5.84 Å². The summed E-state index contributed by atoms with van der Waals surface area (Å²) in [7, 11) is 0. The Morgan fingerprint density at radius 3 is 2.75 bits per heavy atom. The number of hydrogen-bond donors (Lipinski definition) is 2. The van der Waals surface area contributed by atoms with E-state index in [1.807, 2.05) is 0 Å². The maximum atomic E-state index is 11.0. The quantitative estimate of drug-likeness (QED) is 0.251. The molecule has 3 rings (SSSR count). The average molecular weight is 295 g/mol. The molecule has 0 bridgehead atoms. The van der Waals surface area contributed by atoms with Gasteiger partial charge in [-0.15, -0.1) is 10.2 Å². The number of nitrogens with zero attached hydrogens (tertiary/aromatic N) is 3. The van der Waals surface area contributed by atoms with Crippen molar-refractivity contribution >= 4 is 17.7 Å². The summed E-state index contributed by atoms with van der Waals surface area (Å²) in [6.07, 6.45) is 7.43. The van der Waals surface area contributed by atoms with Crippen molar-refractivity contribution in [1.29, 1.82) is 0 Å². The Morgan fingerprint density at radius 2 is 2.10 bits per heavy atom. The van der Waals surface area contributed by atoms with Gasteiger partial charge in [0.05, 0.1) is 0 Å². The van der Waals surface area contributed by atoms with Crippen molar-refractivity contribution in [1.82, 2.24) is 20.2 Å². The zero-order valence-electron chi connectivity index (χ0n) is 11.5. The summed E-state index contributed by atoms with van der Waals surface area (Å²) in [5.41, 5.74) is 2.16. The second kappa shape index (κ2) is 6.13. The molecule has 0 unspecified atom stereocenters. The molecular weight excluding hydrogens is 274 g/mol. The maximum absolute atomic E-state index is 11.0. The Morgan fingerprint density at radius 1 is 1.30 bits per heavy atom. The van der Waals surface area contributed by atoms with Gasteiger partial charge in [0.25, 0.3) is 0 Å². The number of nitrogens with two attached hydrogens (primary N) is 1. The van der Waals surface area contributed by atoms with Gasteiger partial charge >= 0.3 is 0 Å². The number of carbonyl (C=O) groups excluding carboxylic acids is 1. The maximum Gasteiger partial charge on any atom is 0.233 e. The van der Waals surface area contributed by atoms with Gasteiger partial charge in [-0.2, -0.15) is 0 Å². The molecule has 7 heteroatoms. The number of hydrogen-bond acceptors (Lipinski definition) is 5. The fraction of sp³-hybridized carbons (Fsp3) is 0.769. The fourth-order valence-corrected chi connectivity index (χ4v) is 3.32. The lowest BCUT2D eigenvalue weighted by Crippen LogP contribution is -2.29. The molecule has 3 N–H and O–H groups in total. The van der Waals surface area contributed by atoms with Gasteiger partial charge in [-0.3, -0.25) is 10.2 Å². The number of rotatable bonds is 8. The topological polar surface area (TPSA) is 85.8 Å². The number of nitrogens with one attached hydrogen (secondary N) is 1. The summed E-state index contributed by atoms with van der Waals surface area (Å²) in [5, 5.41) is 9.82. The molecule has 1 aromatic rings. The van der Waals surface area contributed by atoms with Crippen LogP contribution >= 0.6 is 11.8 Å². The predicted octanol–water partition coefficient (Wildman–Crippen LogP) is 1.74. The van der Waals surface area contributed by atoms with Crippen LogP contribution in [0.25, 0.3) is 0 Å². The van der Waals surface area contributed by atoms with Gasteiger partial charge in [-0.1, -0.05) is 11.8 Å². The van der Waals surface area contributed by atoms with Crippen LogP contribution in [0.3, 0.4) is 0 Å². The third-order valence-corrected chi connectivity index (χ3v) is 4.77. The van der Waals surface area contributed by atoms with Crippen molar-refractivity contribution in [2.75, 3.05) is 5.75 Å². The molecule has 2 aliphatic rings. The zero-order valence-corrected chi connectivity index (χ0v) is 12.4. The van der Waals surface area contributed by atoms with Crippen molar-refractivity contribution in [3.63, 3.8) is 0 Å². The van der Waals surface area contributed by atoms with E-state index in [-0.39, 0.29) is 5.91 Å². The van der Waals surface area contributed by atoms with Crippen LogP contribution in [0.2, 0.25) is 0 Å². The minimum atomic E-state index is -0.0906. The summed E-state index contributed by atoms with van der Waals surface area (Å²) in [6.45, 7) is 0. The van der Waals surface area contributed by atoms with Crippen LogP contribution in [0.15, 0.2) is 5.16 Å². The first-order valence-electron chi connectivity index (χ1n) is 7.36. The third-order valence-electron chi connectivity index (χ3n) is 3.74. The monoisotopic (exact) mass is 295 g/mol. The Balaban J connectivity index is 1.49. The molecule has 0 saturated heterocycles. The standard InChI is InChI=1S/C13H21N5OS/c14-15-11(19)3-1-2-8-20-13-17-16-12(9-4-5-9)18(13)10-6-7-10/h9-10H,1-8,14H2,(H,15,19). The average Bonchev–Trinajstić information content (AvgIpc) is 3.37. The molecule has 0 atom stereocenters. The van der Waals surface area contributed by atoms with Crippen molar-refractivity contribution in [2.45, 2.75) is 62.1 Å². The molecule has 1 heterocycles. The van der Waals surface area contributed by atoms with Crippen LogP contribution in [0.4, 0.5) is 0 Å². The Hall–Kier alpha value is -1.08. The van der Waals surface area contributed by atoms with E-state index in [4.69, 9.17) is 5.84 Å². The second-order valence-electron chi connectivity index (χ2n) is 5.59. The fourth-order valence-electron chi connectivity index (χ4n) is 2.31. The highest BCUT2D eigenvalue weighted by Crippen LogP contribution is 2.46. The number of unbranched alkanes of at least 4 members (excludes halogenated alkanes) is 1. The molecule has 2 fully saturated rings. The normalized spacial score (nSPS) is 18.2. The van der Waals surface area contributed by atoms with Crippen molar-refractivity contribution in [2.24, 2.45) is 5.84 Å². The Labute approximate surface area is 122 Å². The molecule has 2 aliphatic carbocycles. The largest absolute Gasteiger partial charge is 0.303 e. The summed E-state index contributed by atoms with van der Waals surface area (Å²) < 4.78 is 2.37. The summed E-state index contributed by atoms with van der Waals surface area (Å²) in [4.78, 5) is 11.0. The smallest absolute Gasteiger partial charge is 0.233 e. The van der Waals surface area contributed by atoms with E-state index < -0.39 is 0 Å². The lowest BCUT2D eigenvalue weighted by atomic mass is 10.2. The van der Waals surface area contributed by atoms with E-state index >= 15 is 0 Å². The highest BCUT2D eigenvalue weighted by atomic mass is 32.2. The first kappa shape index (κ1) is 13.9. The highest BCUT2D eigenvalue weighted by Gasteiger charge is 2.36. The van der Waals surface area contributed by atoms with Gasteiger partial charge in [0.1, 0.15) is 5.82 Å². The van der Waals surface area contributed by atoms with Crippen molar-refractivity contribution in [3.8, 4) is 0 Å². The van der Waals surface area contributed by atoms with Crippen molar-refractivity contribution < 1.29 is 4.79 Å². The molecular formula is C13H21N5OS. The predicted molar refractivity (Wildman–Crippen MR) is 77.2 cm³/mol. The van der Waals surface area contributed by atoms with Crippen LogP contribution in [0.5, 0.6) is 0 Å². The van der Waals surface area contributed by atoms with E-state index in [1.165, 1.54) is 31.5 Å². The van der Waals surface area contributed by atoms with Crippen LogP contribution in [-0.2, 0) is 4.79 Å². The number of carbonyl (C=O) groups is 1.